The first-order valence-electron chi connectivity index (χ1n) is 7.47. The summed E-state index contributed by atoms with van der Waals surface area (Å²) in [5.41, 5.74) is 0.257. The molecule has 100 valence electrons. The Morgan fingerprint density at radius 3 is 2.32 bits per heavy atom. The lowest BCUT2D eigenvalue weighted by Crippen LogP contribution is -2.45. The van der Waals surface area contributed by atoms with Crippen LogP contribution < -0.4 is 0 Å². The van der Waals surface area contributed by atoms with Gasteiger partial charge in [-0.3, -0.25) is 0 Å². The Morgan fingerprint density at radius 1 is 1.16 bits per heavy atom. The van der Waals surface area contributed by atoms with E-state index < -0.39 is 6.10 Å². The standard InChI is InChI=1S/C17H20OS/c18-15(16-2-1-5-19-16)3-4-17-9-12-6-13(10-17)8-14(7-12)11-17/h1-2,5,12-15,18H,6-11H2/t12?,13?,14?,15-,17?/m1/s1. The Morgan fingerprint density at radius 2 is 1.79 bits per heavy atom. The summed E-state index contributed by atoms with van der Waals surface area (Å²) in [4.78, 5) is 0.984. The molecule has 0 aliphatic heterocycles. The minimum absolute atomic E-state index is 0.257. The predicted molar refractivity (Wildman–Crippen MR) is 77.7 cm³/mol. The molecule has 4 bridgehead atoms. The second-order valence-electron chi connectivity index (χ2n) is 6.89. The minimum Gasteiger partial charge on any atom is -0.375 e. The normalized spacial score (nSPS) is 40.8. The van der Waals surface area contributed by atoms with Crippen LogP contribution in [-0.4, -0.2) is 5.11 Å². The van der Waals surface area contributed by atoms with Gasteiger partial charge in [0.15, 0.2) is 0 Å². The molecule has 4 fully saturated rings. The van der Waals surface area contributed by atoms with Crippen molar-refractivity contribution in [2.24, 2.45) is 23.2 Å². The second kappa shape index (κ2) is 4.36. The first-order valence-corrected chi connectivity index (χ1v) is 8.35. The lowest BCUT2D eigenvalue weighted by molar-refractivity contribution is -0.0183. The van der Waals surface area contributed by atoms with Gasteiger partial charge in [0.1, 0.15) is 6.10 Å². The van der Waals surface area contributed by atoms with E-state index in [1.54, 1.807) is 11.3 Å². The highest BCUT2D eigenvalue weighted by Crippen LogP contribution is 2.59. The van der Waals surface area contributed by atoms with Gasteiger partial charge < -0.3 is 5.11 Å². The molecule has 0 amide bonds. The zero-order valence-electron chi connectivity index (χ0n) is 11.1. The molecule has 4 aliphatic carbocycles. The number of rotatable bonds is 1. The number of aliphatic hydroxyl groups is 1. The van der Waals surface area contributed by atoms with E-state index in [0.29, 0.717) is 0 Å². The van der Waals surface area contributed by atoms with Gasteiger partial charge in [0.2, 0.25) is 0 Å². The third kappa shape index (κ3) is 2.14. The van der Waals surface area contributed by atoms with Gasteiger partial charge in [-0.05, 0) is 67.7 Å². The fraction of sp³-hybridized carbons (Fsp3) is 0.647. The van der Waals surface area contributed by atoms with Crippen molar-refractivity contribution in [3.63, 3.8) is 0 Å². The van der Waals surface area contributed by atoms with Crippen molar-refractivity contribution in [3.05, 3.63) is 22.4 Å². The summed E-state index contributed by atoms with van der Waals surface area (Å²) in [7, 11) is 0. The largest absolute Gasteiger partial charge is 0.375 e. The van der Waals surface area contributed by atoms with Crippen LogP contribution in [0.2, 0.25) is 0 Å². The maximum atomic E-state index is 10.1. The quantitative estimate of drug-likeness (QED) is 0.766. The van der Waals surface area contributed by atoms with Gasteiger partial charge in [-0.2, -0.15) is 0 Å². The van der Waals surface area contributed by atoms with Crippen molar-refractivity contribution < 1.29 is 5.11 Å². The highest BCUT2D eigenvalue weighted by molar-refractivity contribution is 7.10. The number of hydrogen-bond donors (Lipinski definition) is 1. The van der Waals surface area contributed by atoms with Gasteiger partial charge in [-0.1, -0.05) is 17.9 Å². The van der Waals surface area contributed by atoms with Gasteiger partial charge in [0.05, 0.1) is 0 Å². The molecule has 0 unspecified atom stereocenters. The topological polar surface area (TPSA) is 20.2 Å². The first kappa shape index (κ1) is 12.0. The molecule has 1 atom stereocenters. The number of aliphatic hydroxyl groups excluding tert-OH is 1. The first-order chi connectivity index (χ1) is 9.22. The van der Waals surface area contributed by atoms with Crippen molar-refractivity contribution in [1.29, 1.82) is 0 Å². The van der Waals surface area contributed by atoms with Crippen molar-refractivity contribution >= 4 is 11.3 Å². The van der Waals surface area contributed by atoms with Crippen LogP contribution in [0.4, 0.5) is 0 Å². The molecular formula is C17H20OS. The van der Waals surface area contributed by atoms with Crippen molar-refractivity contribution in [1.82, 2.24) is 0 Å². The van der Waals surface area contributed by atoms with Crippen molar-refractivity contribution in [3.8, 4) is 11.8 Å². The third-order valence-electron chi connectivity index (χ3n) is 5.32. The second-order valence-corrected chi connectivity index (χ2v) is 7.86. The molecule has 19 heavy (non-hydrogen) atoms. The molecule has 5 rings (SSSR count). The Balaban J connectivity index is 1.57. The van der Waals surface area contributed by atoms with Gasteiger partial charge in [0.25, 0.3) is 0 Å². The Kier molecular flexibility index (Phi) is 2.76. The summed E-state index contributed by atoms with van der Waals surface area (Å²) in [6, 6.07) is 3.96. The Bertz CT molecular complexity index is 484. The van der Waals surface area contributed by atoms with Crippen LogP contribution in [0.15, 0.2) is 17.5 Å². The van der Waals surface area contributed by atoms with Crippen LogP contribution in [0, 0.1) is 35.0 Å². The molecule has 4 aliphatic rings. The molecule has 2 heteroatoms. The van der Waals surface area contributed by atoms with Crippen LogP contribution in [0.5, 0.6) is 0 Å². The van der Waals surface area contributed by atoms with Crippen LogP contribution in [0.25, 0.3) is 0 Å². The summed E-state index contributed by atoms with van der Waals surface area (Å²) >= 11 is 1.60. The van der Waals surface area contributed by atoms with Gasteiger partial charge >= 0.3 is 0 Å². The fourth-order valence-corrected chi connectivity index (χ4v) is 5.66. The van der Waals surface area contributed by atoms with Gasteiger partial charge in [-0.15, -0.1) is 11.3 Å². The monoisotopic (exact) mass is 272 g/mol. The maximum absolute atomic E-state index is 10.1. The SMILES string of the molecule is O[C@H](C#CC12CC3CC(CC(C3)C1)C2)c1cccs1. The lowest BCUT2D eigenvalue weighted by atomic mass is 9.50. The van der Waals surface area contributed by atoms with Gasteiger partial charge in [-0.25, -0.2) is 0 Å². The summed E-state index contributed by atoms with van der Waals surface area (Å²) in [6.45, 7) is 0. The molecule has 0 radical (unpaired) electrons. The van der Waals surface area contributed by atoms with Gasteiger partial charge in [0, 0.05) is 10.3 Å². The Hall–Kier alpha value is -0.780. The Labute approximate surface area is 119 Å². The van der Waals surface area contributed by atoms with E-state index in [1.807, 2.05) is 17.5 Å². The zero-order valence-corrected chi connectivity index (χ0v) is 12.0. The summed E-state index contributed by atoms with van der Waals surface area (Å²) in [5, 5.41) is 12.2. The minimum atomic E-state index is -0.576. The maximum Gasteiger partial charge on any atom is 0.149 e. The van der Waals surface area contributed by atoms with Crippen LogP contribution in [-0.2, 0) is 0 Å². The number of hydrogen-bond acceptors (Lipinski definition) is 2. The van der Waals surface area contributed by atoms with E-state index in [4.69, 9.17) is 0 Å². The summed E-state index contributed by atoms with van der Waals surface area (Å²) in [5.74, 6) is 9.47. The van der Waals surface area contributed by atoms with E-state index in [2.05, 4.69) is 11.8 Å². The molecule has 1 N–H and O–H groups in total. The molecule has 1 aromatic heterocycles. The highest BCUT2D eigenvalue weighted by Gasteiger charge is 2.50. The predicted octanol–water partition coefficient (Wildman–Crippen LogP) is 4.00. The molecule has 0 aromatic carbocycles. The van der Waals surface area contributed by atoms with Crippen LogP contribution >= 0.6 is 11.3 Å². The van der Waals surface area contributed by atoms with E-state index in [1.165, 1.54) is 38.5 Å². The van der Waals surface area contributed by atoms with E-state index >= 15 is 0 Å². The molecular weight excluding hydrogens is 252 g/mol. The summed E-state index contributed by atoms with van der Waals surface area (Å²) in [6.07, 6.45) is 7.67. The average Bonchev–Trinajstić information content (AvgIpc) is 2.88. The van der Waals surface area contributed by atoms with E-state index in [-0.39, 0.29) is 5.41 Å². The molecule has 1 aromatic rings. The molecule has 1 nitrogen and oxygen atoms in total. The molecule has 0 saturated heterocycles. The van der Waals surface area contributed by atoms with Crippen LogP contribution in [0.1, 0.15) is 49.5 Å². The average molecular weight is 272 g/mol. The fourth-order valence-electron chi connectivity index (χ4n) is 5.00. The highest BCUT2D eigenvalue weighted by atomic mass is 32.1. The van der Waals surface area contributed by atoms with Crippen molar-refractivity contribution in [2.75, 3.05) is 0 Å². The lowest BCUT2D eigenvalue weighted by Gasteiger charge is -2.54. The molecule has 4 saturated carbocycles. The van der Waals surface area contributed by atoms with Crippen molar-refractivity contribution in [2.45, 2.75) is 44.6 Å². The van der Waals surface area contributed by atoms with E-state index in [9.17, 15) is 5.11 Å². The van der Waals surface area contributed by atoms with Crippen LogP contribution in [0.3, 0.4) is 0 Å². The molecule has 0 spiro atoms. The summed E-state index contributed by atoms with van der Waals surface area (Å²) < 4.78 is 0. The number of thiophene rings is 1. The zero-order chi connectivity index (χ0) is 12.9. The smallest absolute Gasteiger partial charge is 0.149 e. The molecule has 1 heterocycles. The van der Waals surface area contributed by atoms with E-state index in [0.717, 1.165) is 22.6 Å². The third-order valence-corrected chi connectivity index (χ3v) is 6.25.